The molecule has 2 aromatic rings. The lowest BCUT2D eigenvalue weighted by atomic mass is 10.2. The van der Waals surface area contributed by atoms with Crippen LogP contribution in [0, 0.1) is 0 Å². The molecule has 0 atom stereocenters. The van der Waals surface area contributed by atoms with E-state index in [1.807, 2.05) is 18.3 Å². The third kappa shape index (κ3) is 2.53. The molecule has 0 fully saturated rings. The number of pyridine rings is 1. The van der Waals surface area contributed by atoms with Gasteiger partial charge in [-0.15, -0.1) is 0 Å². The van der Waals surface area contributed by atoms with Crippen molar-refractivity contribution in [3.63, 3.8) is 0 Å². The normalized spacial score (nSPS) is 10.2. The smallest absolute Gasteiger partial charge is 0.183 e. The van der Waals surface area contributed by atoms with E-state index in [0.29, 0.717) is 0 Å². The minimum Gasteiger partial charge on any atom is -0.362 e. The first-order valence-electron chi connectivity index (χ1n) is 5.00. The highest BCUT2D eigenvalue weighted by molar-refractivity contribution is 7.18. The van der Waals surface area contributed by atoms with E-state index in [2.05, 4.69) is 22.2 Å². The minimum absolute atomic E-state index is 0.975. The van der Waals surface area contributed by atoms with Gasteiger partial charge in [0.15, 0.2) is 5.13 Å². The molecule has 0 spiro atoms. The molecule has 2 aromatic heterocycles. The summed E-state index contributed by atoms with van der Waals surface area (Å²) < 4.78 is 0. The molecule has 15 heavy (non-hydrogen) atoms. The predicted molar refractivity (Wildman–Crippen MR) is 64.1 cm³/mol. The summed E-state index contributed by atoms with van der Waals surface area (Å²) in [6, 6.07) is 3.99. The number of rotatable bonds is 4. The van der Waals surface area contributed by atoms with Crippen LogP contribution in [0.15, 0.2) is 30.7 Å². The quantitative estimate of drug-likeness (QED) is 0.859. The Morgan fingerprint density at radius 3 is 2.87 bits per heavy atom. The Morgan fingerprint density at radius 1 is 1.33 bits per heavy atom. The summed E-state index contributed by atoms with van der Waals surface area (Å²) in [6.07, 6.45) is 6.62. The van der Waals surface area contributed by atoms with Gasteiger partial charge in [0.05, 0.1) is 4.88 Å². The van der Waals surface area contributed by atoms with Gasteiger partial charge in [0, 0.05) is 25.1 Å². The fourth-order valence-electron chi connectivity index (χ4n) is 1.24. The molecule has 0 aliphatic rings. The third-order valence-corrected chi connectivity index (χ3v) is 3.00. The van der Waals surface area contributed by atoms with E-state index < -0.39 is 0 Å². The largest absolute Gasteiger partial charge is 0.362 e. The maximum Gasteiger partial charge on any atom is 0.183 e. The molecule has 1 N–H and O–H groups in total. The van der Waals surface area contributed by atoms with Crippen molar-refractivity contribution in [2.45, 2.75) is 13.3 Å². The fraction of sp³-hybridized carbons (Fsp3) is 0.273. The van der Waals surface area contributed by atoms with Gasteiger partial charge < -0.3 is 5.32 Å². The van der Waals surface area contributed by atoms with Gasteiger partial charge in [-0.3, -0.25) is 4.98 Å². The number of anilines is 1. The molecule has 4 heteroatoms. The predicted octanol–water partition coefficient (Wildman–Crippen LogP) is 3.03. The Labute approximate surface area is 93.2 Å². The second-order valence-corrected chi connectivity index (χ2v) is 4.22. The van der Waals surface area contributed by atoms with Crippen LogP contribution < -0.4 is 5.32 Å². The summed E-state index contributed by atoms with van der Waals surface area (Å²) in [7, 11) is 0. The average Bonchev–Trinajstić information content (AvgIpc) is 2.76. The van der Waals surface area contributed by atoms with E-state index >= 15 is 0 Å². The lowest BCUT2D eigenvalue weighted by molar-refractivity contribution is 0.976. The van der Waals surface area contributed by atoms with Gasteiger partial charge in [0.25, 0.3) is 0 Å². The van der Waals surface area contributed by atoms with Gasteiger partial charge in [0.2, 0.25) is 0 Å². The molecule has 78 valence electrons. The van der Waals surface area contributed by atoms with Crippen LogP contribution in [0.1, 0.15) is 13.3 Å². The molecular weight excluding hydrogens is 206 g/mol. The van der Waals surface area contributed by atoms with Crippen LogP contribution in [-0.2, 0) is 0 Å². The Morgan fingerprint density at radius 2 is 2.13 bits per heavy atom. The number of nitrogens with zero attached hydrogens (tertiary/aromatic N) is 2. The zero-order chi connectivity index (χ0) is 10.5. The summed E-state index contributed by atoms with van der Waals surface area (Å²) in [5.41, 5.74) is 1.17. The van der Waals surface area contributed by atoms with Gasteiger partial charge in [-0.1, -0.05) is 18.3 Å². The summed E-state index contributed by atoms with van der Waals surface area (Å²) in [6.45, 7) is 3.12. The molecule has 0 saturated carbocycles. The highest BCUT2D eigenvalue weighted by Gasteiger charge is 2.02. The first-order chi connectivity index (χ1) is 7.40. The maximum absolute atomic E-state index is 4.32. The van der Waals surface area contributed by atoms with Gasteiger partial charge in [0.1, 0.15) is 0 Å². The zero-order valence-corrected chi connectivity index (χ0v) is 9.42. The standard InChI is InChI=1S/C11H13N3S/c1-2-5-13-11-14-8-10(15-11)9-3-6-12-7-4-9/h3-4,6-8H,2,5H2,1H3,(H,13,14). The van der Waals surface area contributed by atoms with Crippen LogP contribution in [-0.4, -0.2) is 16.5 Å². The monoisotopic (exact) mass is 219 g/mol. The SMILES string of the molecule is CCCNc1ncc(-c2ccncc2)s1. The van der Waals surface area contributed by atoms with Crippen LogP contribution in [0.25, 0.3) is 10.4 Å². The van der Waals surface area contributed by atoms with E-state index in [9.17, 15) is 0 Å². The molecule has 2 heterocycles. The molecule has 0 aliphatic carbocycles. The van der Waals surface area contributed by atoms with E-state index in [-0.39, 0.29) is 0 Å². The van der Waals surface area contributed by atoms with Crippen LogP contribution in [0.4, 0.5) is 5.13 Å². The molecule has 0 radical (unpaired) electrons. The minimum atomic E-state index is 0.975. The lowest BCUT2D eigenvalue weighted by Gasteiger charge is -1.97. The van der Waals surface area contributed by atoms with Crippen molar-refractivity contribution in [1.29, 1.82) is 0 Å². The number of hydrogen-bond acceptors (Lipinski definition) is 4. The molecule has 3 nitrogen and oxygen atoms in total. The zero-order valence-electron chi connectivity index (χ0n) is 8.60. The van der Waals surface area contributed by atoms with Crippen molar-refractivity contribution in [3.8, 4) is 10.4 Å². The molecule has 0 bridgehead atoms. The molecule has 0 saturated heterocycles. The highest BCUT2D eigenvalue weighted by Crippen LogP contribution is 2.28. The molecule has 0 aromatic carbocycles. The van der Waals surface area contributed by atoms with Crippen molar-refractivity contribution in [1.82, 2.24) is 9.97 Å². The second-order valence-electron chi connectivity index (χ2n) is 3.19. The van der Waals surface area contributed by atoms with E-state index in [1.54, 1.807) is 23.7 Å². The molecule has 0 aliphatic heterocycles. The van der Waals surface area contributed by atoms with E-state index in [0.717, 1.165) is 18.1 Å². The van der Waals surface area contributed by atoms with Crippen molar-refractivity contribution < 1.29 is 0 Å². The summed E-state index contributed by atoms with van der Waals surface area (Å²) in [5.74, 6) is 0. The number of nitrogens with one attached hydrogen (secondary N) is 1. The van der Waals surface area contributed by atoms with Crippen molar-refractivity contribution >= 4 is 16.5 Å². The summed E-state index contributed by atoms with van der Waals surface area (Å²) in [4.78, 5) is 9.49. The summed E-state index contributed by atoms with van der Waals surface area (Å²) >= 11 is 1.68. The van der Waals surface area contributed by atoms with Crippen molar-refractivity contribution in [2.75, 3.05) is 11.9 Å². The van der Waals surface area contributed by atoms with Gasteiger partial charge in [-0.25, -0.2) is 4.98 Å². The third-order valence-electron chi connectivity index (χ3n) is 2.00. The Kier molecular flexibility index (Phi) is 3.29. The number of aromatic nitrogens is 2. The lowest BCUT2D eigenvalue weighted by Crippen LogP contribution is -1.97. The van der Waals surface area contributed by atoms with Crippen LogP contribution in [0.2, 0.25) is 0 Å². The number of thiazole rings is 1. The Hall–Kier alpha value is -1.42. The first kappa shape index (κ1) is 10.1. The highest BCUT2D eigenvalue weighted by atomic mass is 32.1. The van der Waals surface area contributed by atoms with E-state index in [4.69, 9.17) is 0 Å². The van der Waals surface area contributed by atoms with Crippen molar-refractivity contribution in [3.05, 3.63) is 30.7 Å². The van der Waals surface area contributed by atoms with Gasteiger partial charge in [-0.05, 0) is 24.1 Å². The molecule has 0 amide bonds. The molecular formula is C11H13N3S. The van der Waals surface area contributed by atoms with Gasteiger partial charge >= 0.3 is 0 Å². The van der Waals surface area contributed by atoms with Crippen molar-refractivity contribution in [2.24, 2.45) is 0 Å². The van der Waals surface area contributed by atoms with Crippen LogP contribution in [0.3, 0.4) is 0 Å². The van der Waals surface area contributed by atoms with Crippen LogP contribution in [0.5, 0.6) is 0 Å². The maximum atomic E-state index is 4.32. The summed E-state index contributed by atoms with van der Waals surface area (Å²) in [5, 5.41) is 4.27. The first-order valence-corrected chi connectivity index (χ1v) is 5.82. The number of hydrogen-bond donors (Lipinski definition) is 1. The second kappa shape index (κ2) is 4.89. The van der Waals surface area contributed by atoms with Crippen LogP contribution >= 0.6 is 11.3 Å². The molecule has 0 unspecified atom stereocenters. The Balaban J connectivity index is 2.14. The van der Waals surface area contributed by atoms with E-state index in [1.165, 1.54) is 10.4 Å². The fourth-order valence-corrected chi connectivity index (χ4v) is 2.08. The average molecular weight is 219 g/mol. The Bertz CT molecular complexity index is 411. The van der Waals surface area contributed by atoms with Gasteiger partial charge in [-0.2, -0.15) is 0 Å². The molecule has 2 rings (SSSR count). The topological polar surface area (TPSA) is 37.8 Å².